The molecule has 0 aromatic heterocycles. The molecule has 0 heteroatoms. The van der Waals surface area contributed by atoms with Gasteiger partial charge < -0.3 is 0 Å². The first-order valence-electron chi connectivity index (χ1n) is 14.4. The fraction of sp³-hybridized carbons (Fsp3) is 0.100. The van der Waals surface area contributed by atoms with Crippen molar-refractivity contribution < 1.29 is 0 Å². The van der Waals surface area contributed by atoms with Crippen LogP contribution in [0.15, 0.2) is 139 Å². The van der Waals surface area contributed by atoms with Crippen LogP contribution < -0.4 is 10.4 Å². The van der Waals surface area contributed by atoms with Gasteiger partial charge in [0.25, 0.3) is 0 Å². The number of allylic oxidation sites excluding steroid dienone is 4. The molecule has 0 radical (unpaired) electrons. The van der Waals surface area contributed by atoms with Crippen LogP contribution in [0.4, 0.5) is 0 Å². The third-order valence-corrected chi connectivity index (χ3v) is 9.64. The number of hydrogen-bond acceptors (Lipinski definition) is 0. The van der Waals surface area contributed by atoms with Crippen molar-refractivity contribution in [2.75, 3.05) is 0 Å². The monoisotopic (exact) mass is 508 g/mol. The maximum Gasteiger partial charge on any atom is 0.0290 e. The number of fused-ring (bicyclic) bond motifs is 5. The number of benzene rings is 6. The third kappa shape index (κ3) is 2.91. The zero-order valence-electron chi connectivity index (χ0n) is 22.5. The predicted octanol–water partition coefficient (Wildman–Crippen LogP) is 8.37. The summed E-state index contributed by atoms with van der Waals surface area (Å²) in [5.74, 6) is 0.550. The predicted molar refractivity (Wildman–Crippen MR) is 169 cm³/mol. The van der Waals surface area contributed by atoms with Crippen LogP contribution in [-0.2, 0) is 0 Å². The fourth-order valence-electron chi connectivity index (χ4n) is 7.72. The molecule has 188 valence electrons. The molecule has 3 aliphatic rings. The number of hydrogen-bond donors (Lipinski definition) is 0. The van der Waals surface area contributed by atoms with Crippen molar-refractivity contribution >= 4 is 43.5 Å². The molecule has 1 saturated carbocycles. The maximum atomic E-state index is 2.44. The van der Waals surface area contributed by atoms with Crippen molar-refractivity contribution in [3.8, 4) is 0 Å². The second kappa shape index (κ2) is 7.93. The third-order valence-electron chi connectivity index (χ3n) is 9.64. The summed E-state index contributed by atoms with van der Waals surface area (Å²) < 4.78 is 0. The van der Waals surface area contributed by atoms with Crippen LogP contribution >= 0.6 is 0 Å². The average Bonchev–Trinajstić information content (AvgIpc) is 3.74. The van der Waals surface area contributed by atoms with Crippen LogP contribution in [0.25, 0.3) is 43.5 Å². The topological polar surface area (TPSA) is 0 Å². The molecule has 0 amide bonds. The Kier molecular flexibility index (Phi) is 4.39. The van der Waals surface area contributed by atoms with E-state index in [1.54, 1.807) is 0 Å². The van der Waals surface area contributed by atoms with E-state index in [4.69, 9.17) is 0 Å². The zero-order chi connectivity index (χ0) is 26.4. The summed E-state index contributed by atoms with van der Waals surface area (Å²) in [5, 5.41) is 10.6. The van der Waals surface area contributed by atoms with Gasteiger partial charge in [0.05, 0.1) is 0 Å². The highest BCUT2D eigenvalue weighted by Gasteiger charge is 2.60. The van der Waals surface area contributed by atoms with Gasteiger partial charge in [0.15, 0.2) is 0 Å². The highest BCUT2D eigenvalue weighted by atomic mass is 14.6. The first kappa shape index (κ1) is 22.2. The minimum atomic E-state index is 0.0446. The largest absolute Gasteiger partial charge is 0.0801 e. The van der Waals surface area contributed by atoms with E-state index >= 15 is 0 Å². The average molecular weight is 509 g/mol. The van der Waals surface area contributed by atoms with E-state index in [1.807, 2.05) is 0 Å². The molecule has 6 aromatic carbocycles. The summed E-state index contributed by atoms with van der Waals surface area (Å²) in [7, 11) is 0. The van der Waals surface area contributed by atoms with E-state index in [9.17, 15) is 0 Å². The van der Waals surface area contributed by atoms with Gasteiger partial charge in [-0.15, -0.1) is 0 Å². The zero-order valence-corrected chi connectivity index (χ0v) is 22.5. The van der Waals surface area contributed by atoms with Crippen molar-refractivity contribution in [2.45, 2.75) is 13.3 Å². The highest BCUT2D eigenvalue weighted by molar-refractivity contribution is 6.15. The molecule has 1 spiro atoms. The second-order valence-electron chi connectivity index (χ2n) is 11.8. The first-order valence-corrected chi connectivity index (χ1v) is 14.4. The number of aryl methyl sites for hydroxylation is 1. The molecule has 3 aliphatic carbocycles. The van der Waals surface area contributed by atoms with Gasteiger partial charge in [0, 0.05) is 5.41 Å². The van der Waals surface area contributed by atoms with Crippen LogP contribution in [-0.4, -0.2) is 0 Å². The van der Waals surface area contributed by atoms with Gasteiger partial charge in [-0.1, -0.05) is 127 Å². The van der Waals surface area contributed by atoms with E-state index in [2.05, 4.69) is 140 Å². The molecule has 0 aliphatic heterocycles. The minimum absolute atomic E-state index is 0.0446. The van der Waals surface area contributed by atoms with Crippen LogP contribution in [0.1, 0.15) is 23.1 Å². The molecule has 9 rings (SSSR count). The molecular weight excluding hydrogens is 480 g/mol. The smallest absolute Gasteiger partial charge is 0.0290 e. The van der Waals surface area contributed by atoms with Gasteiger partial charge in [-0.25, -0.2) is 0 Å². The molecule has 0 bridgehead atoms. The molecule has 0 heterocycles. The lowest BCUT2D eigenvalue weighted by Crippen LogP contribution is -2.39. The van der Waals surface area contributed by atoms with Gasteiger partial charge in [-0.3, -0.25) is 0 Å². The molecular formula is C40H28. The van der Waals surface area contributed by atoms with Crippen LogP contribution in [0, 0.1) is 18.3 Å². The summed E-state index contributed by atoms with van der Waals surface area (Å²) in [6.07, 6.45) is 8.33. The van der Waals surface area contributed by atoms with Gasteiger partial charge in [0.1, 0.15) is 0 Å². The van der Waals surface area contributed by atoms with Crippen molar-refractivity contribution in [2.24, 2.45) is 11.3 Å². The second-order valence-corrected chi connectivity index (χ2v) is 11.8. The molecule has 6 aromatic rings. The Morgan fingerprint density at radius 1 is 0.625 bits per heavy atom. The summed E-state index contributed by atoms with van der Waals surface area (Å²) in [5.41, 5.74) is 8.45. The molecule has 40 heavy (non-hydrogen) atoms. The summed E-state index contributed by atoms with van der Waals surface area (Å²) in [6.45, 7) is 2.18. The van der Waals surface area contributed by atoms with Crippen LogP contribution in [0.2, 0.25) is 0 Å². The van der Waals surface area contributed by atoms with E-state index in [-0.39, 0.29) is 5.41 Å². The molecule has 2 atom stereocenters. The summed E-state index contributed by atoms with van der Waals surface area (Å²) >= 11 is 0. The minimum Gasteiger partial charge on any atom is -0.0801 e. The summed E-state index contributed by atoms with van der Waals surface area (Å²) in [6, 6.07) is 43.3. The quantitative estimate of drug-likeness (QED) is 0.163. The Labute approximate surface area is 233 Å². The lowest BCUT2D eigenvalue weighted by molar-refractivity contribution is 0.759. The Morgan fingerprint density at radius 3 is 2.25 bits per heavy atom. The molecule has 0 nitrogen and oxygen atoms in total. The van der Waals surface area contributed by atoms with Crippen molar-refractivity contribution in [1.82, 2.24) is 0 Å². The van der Waals surface area contributed by atoms with Crippen molar-refractivity contribution in [3.05, 3.63) is 166 Å². The van der Waals surface area contributed by atoms with Crippen molar-refractivity contribution in [3.63, 3.8) is 0 Å². The standard InChI is InChI=1S/C40H28/c1-25-16-18-26(19-17-25)39-35-12-5-4-11-34(35)38(37-15-6-10-30-24-40(30,37)39)33-14-7-13-31-32(33)21-20-29-22-27-8-2-3-9-28(27)23-36(29)31/h2-23,30H,24H2,1H3. The molecule has 0 N–H and O–H groups in total. The normalized spacial score (nSPS) is 20.8. The number of rotatable bonds is 2. The summed E-state index contributed by atoms with van der Waals surface area (Å²) in [4.78, 5) is 0. The molecule has 0 saturated heterocycles. The van der Waals surface area contributed by atoms with Crippen LogP contribution in [0.3, 0.4) is 0 Å². The lowest BCUT2D eigenvalue weighted by Gasteiger charge is -2.33. The Bertz CT molecular complexity index is 2240. The van der Waals surface area contributed by atoms with E-state index in [0.29, 0.717) is 5.92 Å². The van der Waals surface area contributed by atoms with Gasteiger partial charge in [-0.2, -0.15) is 0 Å². The van der Waals surface area contributed by atoms with Gasteiger partial charge in [0.2, 0.25) is 0 Å². The molecule has 1 fully saturated rings. The van der Waals surface area contributed by atoms with Gasteiger partial charge in [-0.05, 0) is 102 Å². The van der Waals surface area contributed by atoms with Gasteiger partial charge >= 0.3 is 0 Å². The Balaban J connectivity index is 1.42. The SMILES string of the molecule is Cc1ccc(C2=c3ccccc3=C(c3cccc4c3ccc3cc5ccccc5cc34)C3=CC=CC4CC324)cc1. The van der Waals surface area contributed by atoms with Crippen molar-refractivity contribution in [1.29, 1.82) is 0 Å². The molecule has 2 unspecified atom stereocenters. The first-order chi connectivity index (χ1) is 19.7. The van der Waals surface area contributed by atoms with E-state index < -0.39 is 0 Å². The highest BCUT2D eigenvalue weighted by Crippen LogP contribution is 2.69. The lowest BCUT2D eigenvalue weighted by atomic mass is 9.70. The van der Waals surface area contributed by atoms with E-state index in [0.717, 1.165) is 0 Å². The van der Waals surface area contributed by atoms with Crippen LogP contribution in [0.5, 0.6) is 0 Å². The van der Waals surface area contributed by atoms with E-state index in [1.165, 1.54) is 82.6 Å². The fourth-order valence-corrected chi connectivity index (χ4v) is 7.72. The Hall–Kier alpha value is -4.68. The maximum absolute atomic E-state index is 2.44. The Morgan fingerprint density at radius 2 is 1.40 bits per heavy atom.